The number of amides is 1. The Bertz CT molecular complexity index is 813. The topological polar surface area (TPSA) is 63.5 Å². The summed E-state index contributed by atoms with van der Waals surface area (Å²) < 4.78 is 1.97. The highest BCUT2D eigenvalue weighted by Crippen LogP contribution is 2.18. The van der Waals surface area contributed by atoms with Gasteiger partial charge in [-0.05, 0) is 31.2 Å². The number of anilines is 1. The summed E-state index contributed by atoms with van der Waals surface area (Å²) in [6, 6.07) is 7.24. The molecule has 1 amide bonds. The summed E-state index contributed by atoms with van der Waals surface area (Å²) in [6.45, 7) is 9.29. The zero-order chi connectivity index (χ0) is 17.0. The fourth-order valence-electron chi connectivity index (χ4n) is 2.17. The van der Waals surface area contributed by atoms with Crippen LogP contribution in [0.1, 0.15) is 29.2 Å². The zero-order valence-electron chi connectivity index (χ0n) is 13.4. The van der Waals surface area contributed by atoms with Gasteiger partial charge >= 0.3 is 0 Å². The van der Waals surface area contributed by atoms with Crippen LogP contribution in [-0.4, -0.2) is 16.3 Å². The molecule has 0 saturated heterocycles. The molecule has 6 heteroatoms. The molecule has 0 aliphatic rings. The minimum absolute atomic E-state index is 0.0350. The van der Waals surface area contributed by atoms with Gasteiger partial charge in [-0.3, -0.25) is 9.59 Å². The normalized spacial score (nSPS) is 11.3. The van der Waals surface area contributed by atoms with Gasteiger partial charge in [0.1, 0.15) is 0 Å². The van der Waals surface area contributed by atoms with Gasteiger partial charge in [0.25, 0.3) is 0 Å². The first-order valence-electron chi connectivity index (χ1n) is 7.17. The Morgan fingerprint density at radius 1 is 1.30 bits per heavy atom. The average molecular weight is 329 g/mol. The van der Waals surface area contributed by atoms with E-state index in [1.54, 1.807) is 25.1 Å². The van der Waals surface area contributed by atoms with E-state index in [0.717, 1.165) is 21.9 Å². The maximum absolute atomic E-state index is 11.7. The quantitative estimate of drug-likeness (QED) is 0.674. The number of carbonyl (C=O) groups excluding carboxylic acids is 2. The van der Waals surface area contributed by atoms with Crippen molar-refractivity contribution in [2.24, 2.45) is 4.99 Å². The minimum Gasteiger partial charge on any atom is -0.326 e. The second-order valence-electron chi connectivity index (χ2n) is 5.09. The molecule has 0 atom stereocenters. The van der Waals surface area contributed by atoms with Crippen LogP contribution < -0.4 is 10.1 Å². The van der Waals surface area contributed by atoms with Gasteiger partial charge in [0.2, 0.25) is 5.91 Å². The number of benzene rings is 1. The summed E-state index contributed by atoms with van der Waals surface area (Å²) in [5, 5.41) is 2.71. The number of hydrogen-bond acceptors (Lipinski definition) is 4. The van der Waals surface area contributed by atoms with Crippen LogP contribution in [0.3, 0.4) is 0 Å². The molecule has 0 aliphatic carbocycles. The highest BCUT2D eigenvalue weighted by atomic mass is 32.1. The predicted molar refractivity (Wildman–Crippen MR) is 93.2 cm³/mol. The first-order valence-corrected chi connectivity index (χ1v) is 7.98. The van der Waals surface area contributed by atoms with Crippen LogP contribution in [0.15, 0.2) is 41.9 Å². The first-order chi connectivity index (χ1) is 10.9. The third-order valence-electron chi connectivity index (χ3n) is 3.20. The third-order valence-corrected chi connectivity index (χ3v) is 4.48. The van der Waals surface area contributed by atoms with Crippen molar-refractivity contribution in [1.82, 2.24) is 4.57 Å². The number of carbonyl (C=O) groups is 2. The molecule has 1 aromatic heterocycles. The van der Waals surface area contributed by atoms with E-state index in [4.69, 9.17) is 0 Å². The fraction of sp³-hybridized carbons (Fsp3) is 0.235. The minimum atomic E-state index is -0.113. The summed E-state index contributed by atoms with van der Waals surface area (Å²) in [4.78, 5) is 28.8. The lowest BCUT2D eigenvalue weighted by molar-refractivity contribution is -0.114. The SMILES string of the molecule is C=CCn1c(C)c(C(C)=O)sc1=Nc1ccc(NC(C)=O)cc1. The van der Waals surface area contributed by atoms with E-state index < -0.39 is 0 Å². The largest absolute Gasteiger partial charge is 0.326 e. The smallest absolute Gasteiger partial charge is 0.221 e. The van der Waals surface area contributed by atoms with Crippen molar-refractivity contribution in [2.75, 3.05) is 5.32 Å². The van der Waals surface area contributed by atoms with Crippen molar-refractivity contribution in [2.45, 2.75) is 27.3 Å². The van der Waals surface area contributed by atoms with E-state index in [9.17, 15) is 9.59 Å². The standard InChI is InChI=1S/C17H19N3O2S/c1-5-10-20-11(2)16(12(3)21)23-17(20)19-15-8-6-14(7-9-15)18-13(4)22/h5-9H,1,10H2,2-4H3,(H,18,22). The molecule has 2 rings (SSSR count). The number of hydrogen-bond donors (Lipinski definition) is 1. The lowest BCUT2D eigenvalue weighted by Crippen LogP contribution is -2.15. The second kappa shape index (κ2) is 7.19. The van der Waals surface area contributed by atoms with E-state index in [1.807, 2.05) is 23.6 Å². The molecule has 1 N–H and O–H groups in total. The zero-order valence-corrected chi connectivity index (χ0v) is 14.2. The molecule has 0 bridgehead atoms. The first kappa shape index (κ1) is 16.9. The fourth-order valence-corrected chi connectivity index (χ4v) is 3.23. The lowest BCUT2D eigenvalue weighted by atomic mass is 10.3. The molecule has 1 heterocycles. The molecule has 0 unspecified atom stereocenters. The van der Waals surface area contributed by atoms with Gasteiger partial charge in [-0.15, -0.1) is 6.58 Å². The molecule has 0 aliphatic heterocycles. The Hall–Kier alpha value is -2.47. The lowest BCUT2D eigenvalue weighted by Gasteiger charge is -2.03. The van der Waals surface area contributed by atoms with Gasteiger partial charge in [-0.2, -0.15) is 0 Å². The summed E-state index contributed by atoms with van der Waals surface area (Å²) in [7, 11) is 0. The van der Waals surface area contributed by atoms with Gasteiger partial charge < -0.3 is 9.88 Å². The van der Waals surface area contributed by atoms with E-state index in [1.165, 1.54) is 18.3 Å². The molecule has 23 heavy (non-hydrogen) atoms. The van der Waals surface area contributed by atoms with Gasteiger partial charge in [0, 0.05) is 31.8 Å². The van der Waals surface area contributed by atoms with Crippen molar-refractivity contribution in [3.8, 4) is 0 Å². The van der Waals surface area contributed by atoms with Crippen molar-refractivity contribution in [1.29, 1.82) is 0 Å². The highest BCUT2D eigenvalue weighted by Gasteiger charge is 2.12. The molecule has 0 fully saturated rings. The Balaban J connectivity index is 2.45. The van der Waals surface area contributed by atoms with Crippen LogP contribution in [0, 0.1) is 6.92 Å². The summed E-state index contributed by atoms with van der Waals surface area (Å²) >= 11 is 1.37. The van der Waals surface area contributed by atoms with Crippen LogP contribution in [0.4, 0.5) is 11.4 Å². The summed E-state index contributed by atoms with van der Waals surface area (Å²) in [5.74, 6) is -0.0775. The Labute approximate surface area is 139 Å². The molecule has 120 valence electrons. The van der Waals surface area contributed by atoms with E-state index in [-0.39, 0.29) is 11.7 Å². The molecule has 0 radical (unpaired) electrons. The van der Waals surface area contributed by atoms with Crippen molar-refractivity contribution >= 4 is 34.4 Å². The van der Waals surface area contributed by atoms with E-state index in [0.29, 0.717) is 11.4 Å². The monoisotopic (exact) mass is 329 g/mol. The second-order valence-corrected chi connectivity index (χ2v) is 6.07. The maximum atomic E-state index is 11.7. The van der Waals surface area contributed by atoms with E-state index in [2.05, 4.69) is 16.9 Å². The average Bonchev–Trinajstić information content (AvgIpc) is 2.78. The van der Waals surface area contributed by atoms with E-state index >= 15 is 0 Å². The van der Waals surface area contributed by atoms with Gasteiger partial charge in [0.15, 0.2) is 10.6 Å². The molecule has 1 aromatic carbocycles. The molecule has 2 aromatic rings. The maximum Gasteiger partial charge on any atom is 0.221 e. The Kier molecular flexibility index (Phi) is 5.28. The number of nitrogens with zero attached hydrogens (tertiary/aromatic N) is 2. The third kappa shape index (κ3) is 4.04. The van der Waals surface area contributed by atoms with Gasteiger partial charge in [0.05, 0.1) is 10.6 Å². The summed E-state index contributed by atoms with van der Waals surface area (Å²) in [6.07, 6.45) is 1.78. The summed E-state index contributed by atoms with van der Waals surface area (Å²) in [5.41, 5.74) is 2.38. The van der Waals surface area contributed by atoms with Crippen LogP contribution in [0.2, 0.25) is 0 Å². The highest BCUT2D eigenvalue weighted by molar-refractivity contribution is 7.11. The number of thiazole rings is 1. The number of rotatable bonds is 5. The number of aromatic nitrogens is 1. The molecule has 5 nitrogen and oxygen atoms in total. The Morgan fingerprint density at radius 3 is 2.48 bits per heavy atom. The van der Waals surface area contributed by atoms with Crippen LogP contribution in [-0.2, 0) is 11.3 Å². The van der Waals surface area contributed by atoms with Gasteiger partial charge in [-0.25, -0.2) is 4.99 Å². The Morgan fingerprint density at radius 2 is 1.96 bits per heavy atom. The number of ketones is 1. The molecule has 0 spiro atoms. The molecule has 0 saturated carbocycles. The van der Waals surface area contributed by atoms with Crippen molar-refractivity contribution in [3.05, 3.63) is 52.3 Å². The number of allylic oxidation sites excluding steroid dienone is 1. The van der Waals surface area contributed by atoms with Crippen molar-refractivity contribution < 1.29 is 9.59 Å². The van der Waals surface area contributed by atoms with Crippen LogP contribution in [0.5, 0.6) is 0 Å². The van der Waals surface area contributed by atoms with Gasteiger partial charge in [-0.1, -0.05) is 17.4 Å². The molecular weight excluding hydrogens is 310 g/mol. The number of nitrogens with one attached hydrogen (secondary N) is 1. The number of Topliss-reactive ketones (excluding diaryl/α,β-unsaturated/α-hetero) is 1. The van der Waals surface area contributed by atoms with Crippen LogP contribution >= 0.6 is 11.3 Å². The van der Waals surface area contributed by atoms with Crippen molar-refractivity contribution in [3.63, 3.8) is 0 Å². The van der Waals surface area contributed by atoms with Crippen LogP contribution in [0.25, 0.3) is 0 Å². The molecular formula is C17H19N3O2S. The predicted octanol–water partition coefficient (Wildman–Crippen LogP) is 3.44.